The van der Waals surface area contributed by atoms with E-state index in [0.717, 1.165) is 13.0 Å². The van der Waals surface area contributed by atoms with E-state index >= 15 is 0 Å². The molecule has 1 aliphatic rings. The number of carbonyl (C=O) groups excluding carboxylic acids is 1. The zero-order valence-corrected chi connectivity index (χ0v) is 9.06. The fraction of sp³-hybridized carbons (Fsp3) is 0.500. The lowest BCUT2D eigenvalue weighted by Gasteiger charge is -2.15. The minimum absolute atomic E-state index is 0.131. The van der Waals surface area contributed by atoms with Crippen molar-refractivity contribution in [1.29, 1.82) is 0 Å². The molecule has 1 unspecified atom stereocenters. The lowest BCUT2D eigenvalue weighted by Crippen LogP contribution is -2.34. The van der Waals surface area contributed by atoms with Crippen LogP contribution in [-0.4, -0.2) is 47.2 Å². The van der Waals surface area contributed by atoms with Gasteiger partial charge in [0.15, 0.2) is 0 Å². The number of hydrogen-bond acceptors (Lipinski definition) is 4. The number of aromatic nitrogens is 2. The van der Waals surface area contributed by atoms with E-state index in [-0.39, 0.29) is 17.2 Å². The molecule has 0 aromatic carbocycles. The maximum Gasteiger partial charge on any atom is 0.274 e. The molecule has 86 valence electrons. The predicted molar refractivity (Wildman–Crippen MR) is 58.2 cm³/mol. The van der Waals surface area contributed by atoms with Crippen molar-refractivity contribution in [3.8, 4) is 0 Å². The summed E-state index contributed by atoms with van der Waals surface area (Å²) in [7, 11) is 1.89. The third-order valence-electron chi connectivity index (χ3n) is 2.78. The van der Waals surface area contributed by atoms with E-state index in [9.17, 15) is 9.59 Å². The Kier molecular flexibility index (Phi) is 3.00. The van der Waals surface area contributed by atoms with Crippen molar-refractivity contribution in [3.05, 3.63) is 28.2 Å². The number of rotatable bonds is 2. The molecule has 6 nitrogen and oxygen atoms in total. The van der Waals surface area contributed by atoms with Crippen LogP contribution in [0.1, 0.15) is 16.9 Å². The predicted octanol–water partition coefficient (Wildman–Crippen LogP) is -0.796. The minimum atomic E-state index is -0.300. The van der Waals surface area contributed by atoms with Gasteiger partial charge in [0.2, 0.25) is 0 Å². The Balaban J connectivity index is 2.08. The summed E-state index contributed by atoms with van der Waals surface area (Å²) < 4.78 is 0. The third-order valence-corrected chi connectivity index (χ3v) is 2.78. The minimum Gasteiger partial charge on any atom is -0.336 e. The molecule has 0 bridgehead atoms. The largest absolute Gasteiger partial charge is 0.336 e. The van der Waals surface area contributed by atoms with E-state index in [1.807, 2.05) is 7.05 Å². The second-order valence-corrected chi connectivity index (χ2v) is 3.83. The van der Waals surface area contributed by atoms with Gasteiger partial charge in [0.05, 0.1) is 0 Å². The summed E-state index contributed by atoms with van der Waals surface area (Å²) in [5.74, 6) is -0.131. The van der Waals surface area contributed by atoms with E-state index in [2.05, 4.69) is 15.5 Å². The molecule has 0 saturated carbocycles. The molecule has 1 amide bonds. The van der Waals surface area contributed by atoms with Crippen LogP contribution < -0.4 is 10.9 Å². The number of likely N-dealkylation sites (N-methyl/N-ethyl adjacent to an activating group) is 1. The summed E-state index contributed by atoms with van der Waals surface area (Å²) in [6, 6.07) is 3.12. The molecule has 1 aromatic heterocycles. The number of H-pyrrole nitrogens is 1. The van der Waals surface area contributed by atoms with Crippen molar-refractivity contribution in [2.24, 2.45) is 0 Å². The monoisotopic (exact) mass is 222 g/mol. The molecule has 16 heavy (non-hydrogen) atoms. The van der Waals surface area contributed by atoms with Gasteiger partial charge in [0.1, 0.15) is 5.69 Å². The fourth-order valence-electron chi connectivity index (χ4n) is 1.81. The van der Waals surface area contributed by atoms with Crippen LogP contribution in [0.3, 0.4) is 0 Å². The standard InChI is InChI=1S/C10H14N4O2/c1-11-7-4-5-14(6-7)10(16)8-2-3-9(15)13-12-8/h2-3,7,11H,4-6H2,1H3,(H,13,15). The summed E-state index contributed by atoms with van der Waals surface area (Å²) in [5.41, 5.74) is -0.0116. The van der Waals surface area contributed by atoms with Crippen LogP contribution in [0.4, 0.5) is 0 Å². The van der Waals surface area contributed by atoms with Crippen molar-refractivity contribution in [3.63, 3.8) is 0 Å². The normalized spacial score (nSPS) is 20.1. The highest BCUT2D eigenvalue weighted by atomic mass is 16.2. The molecule has 0 radical (unpaired) electrons. The van der Waals surface area contributed by atoms with E-state index < -0.39 is 0 Å². The first-order chi connectivity index (χ1) is 7.70. The zero-order chi connectivity index (χ0) is 11.5. The SMILES string of the molecule is CNC1CCN(C(=O)c2ccc(=O)[nH]n2)C1. The quantitative estimate of drug-likeness (QED) is 0.687. The van der Waals surface area contributed by atoms with Crippen molar-refractivity contribution in [2.45, 2.75) is 12.5 Å². The van der Waals surface area contributed by atoms with Crippen molar-refractivity contribution in [1.82, 2.24) is 20.4 Å². The van der Waals surface area contributed by atoms with E-state index in [1.54, 1.807) is 4.90 Å². The van der Waals surface area contributed by atoms with Gasteiger partial charge in [-0.05, 0) is 19.5 Å². The van der Waals surface area contributed by atoms with Gasteiger partial charge in [-0.2, -0.15) is 5.10 Å². The van der Waals surface area contributed by atoms with Crippen molar-refractivity contribution < 1.29 is 4.79 Å². The third kappa shape index (κ3) is 2.11. The van der Waals surface area contributed by atoms with Gasteiger partial charge in [-0.25, -0.2) is 5.10 Å². The summed E-state index contributed by atoms with van der Waals surface area (Å²) >= 11 is 0. The average Bonchev–Trinajstić information content (AvgIpc) is 2.77. The van der Waals surface area contributed by atoms with Crippen molar-refractivity contribution in [2.75, 3.05) is 20.1 Å². The Bertz CT molecular complexity index is 422. The molecule has 2 heterocycles. The van der Waals surface area contributed by atoms with Gasteiger partial charge in [-0.1, -0.05) is 0 Å². The number of aromatic amines is 1. The Labute approximate surface area is 92.7 Å². The first-order valence-corrected chi connectivity index (χ1v) is 5.23. The topological polar surface area (TPSA) is 78.1 Å². The molecular weight excluding hydrogens is 208 g/mol. The van der Waals surface area contributed by atoms with Crippen molar-refractivity contribution >= 4 is 5.91 Å². The smallest absolute Gasteiger partial charge is 0.274 e. The molecule has 1 aliphatic heterocycles. The van der Waals surface area contributed by atoms with E-state index in [1.165, 1.54) is 12.1 Å². The highest BCUT2D eigenvalue weighted by Crippen LogP contribution is 2.11. The molecule has 1 fully saturated rings. The maximum atomic E-state index is 11.9. The lowest BCUT2D eigenvalue weighted by molar-refractivity contribution is 0.0782. The molecule has 0 spiro atoms. The molecule has 1 saturated heterocycles. The van der Waals surface area contributed by atoms with E-state index in [0.29, 0.717) is 12.6 Å². The van der Waals surface area contributed by atoms with Crippen LogP contribution in [0.2, 0.25) is 0 Å². The van der Waals surface area contributed by atoms with Gasteiger partial charge < -0.3 is 10.2 Å². The van der Waals surface area contributed by atoms with Crippen LogP contribution in [0.15, 0.2) is 16.9 Å². The zero-order valence-electron chi connectivity index (χ0n) is 9.06. The van der Waals surface area contributed by atoms with Gasteiger partial charge in [0, 0.05) is 25.2 Å². The van der Waals surface area contributed by atoms with E-state index in [4.69, 9.17) is 0 Å². The molecular formula is C10H14N4O2. The van der Waals surface area contributed by atoms with Crippen LogP contribution in [0.25, 0.3) is 0 Å². The molecule has 1 atom stereocenters. The lowest BCUT2D eigenvalue weighted by atomic mass is 10.3. The molecule has 0 aliphatic carbocycles. The maximum absolute atomic E-state index is 11.9. The highest BCUT2D eigenvalue weighted by Gasteiger charge is 2.26. The van der Waals surface area contributed by atoms with Crippen LogP contribution in [0, 0.1) is 0 Å². The second-order valence-electron chi connectivity index (χ2n) is 3.83. The number of hydrogen-bond donors (Lipinski definition) is 2. The van der Waals surface area contributed by atoms with Crippen LogP contribution in [-0.2, 0) is 0 Å². The summed E-state index contributed by atoms with van der Waals surface area (Å²) in [6.07, 6.45) is 0.950. The Hall–Kier alpha value is -1.69. The number of nitrogens with one attached hydrogen (secondary N) is 2. The fourth-order valence-corrected chi connectivity index (χ4v) is 1.81. The van der Waals surface area contributed by atoms with Gasteiger partial charge in [-0.15, -0.1) is 0 Å². The summed E-state index contributed by atoms with van der Waals surface area (Å²) in [4.78, 5) is 24.5. The first-order valence-electron chi connectivity index (χ1n) is 5.23. The first kappa shape index (κ1) is 10.8. The number of nitrogens with zero attached hydrogens (tertiary/aromatic N) is 2. The number of carbonyl (C=O) groups is 1. The second kappa shape index (κ2) is 4.44. The molecule has 2 rings (SSSR count). The van der Waals surface area contributed by atoms with Gasteiger partial charge in [-0.3, -0.25) is 9.59 Å². The van der Waals surface area contributed by atoms with Gasteiger partial charge in [0.25, 0.3) is 11.5 Å². The van der Waals surface area contributed by atoms with Gasteiger partial charge >= 0.3 is 0 Å². The average molecular weight is 222 g/mol. The molecule has 1 aromatic rings. The van der Waals surface area contributed by atoms with Crippen LogP contribution >= 0.6 is 0 Å². The Morgan fingerprint density at radius 3 is 3.00 bits per heavy atom. The number of amides is 1. The Morgan fingerprint density at radius 2 is 2.44 bits per heavy atom. The summed E-state index contributed by atoms with van der Waals surface area (Å²) in [6.45, 7) is 1.42. The summed E-state index contributed by atoms with van der Waals surface area (Å²) in [5, 5.41) is 9.12. The molecule has 6 heteroatoms. The van der Waals surface area contributed by atoms with Crippen LogP contribution in [0.5, 0.6) is 0 Å². The highest BCUT2D eigenvalue weighted by molar-refractivity contribution is 5.92. The Morgan fingerprint density at radius 1 is 1.62 bits per heavy atom. The molecule has 2 N–H and O–H groups in total. The number of likely N-dealkylation sites (tertiary alicyclic amines) is 1.